The van der Waals surface area contributed by atoms with Crippen LogP contribution in [0.3, 0.4) is 0 Å². The van der Waals surface area contributed by atoms with E-state index in [1.54, 1.807) is 6.08 Å². The van der Waals surface area contributed by atoms with E-state index < -0.39 is 11.8 Å². The van der Waals surface area contributed by atoms with E-state index in [1.165, 1.54) is 13.8 Å². The van der Waals surface area contributed by atoms with Crippen molar-refractivity contribution < 1.29 is 14.6 Å². The highest BCUT2D eigenvalue weighted by molar-refractivity contribution is 5.87. The van der Waals surface area contributed by atoms with E-state index in [1.807, 2.05) is 36.4 Å². The molecule has 0 saturated heterocycles. The van der Waals surface area contributed by atoms with Crippen molar-refractivity contribution in [1.82, 2.24) is 0 Å². The summed E-state index contributed by atoms with van der Waals surface area (Å²) in [6.45, 7) is 6.45. The van der Waals surface area contributed by atoms with E-state index in [4.69, 9.17) is 4.74 Å². The van der Waals surface area contributed by atoms with E-state index in [9.17, 15) is 9.90 Å². The van der Waals surface area contributed by atoms with Gasteiger partial charge in [0.15, 0.2) is 0 Å². The largest absolute Gasteiger partial charge is 0.430 e. The molecule has 0 aliphatic carbocycles. The lowest BCUT2D eigenvalue weighted by Crippen LogP contribution is -2.30. The second kappa shape index (κ2) is 6.17. The first-order valence-electron chi connectivity index (χ1n) is 5.73. The molecule has 0 bridgehead atoms. The number of hydrogen-bond donors (Lipinski definition) is 1. The van der Waals surface area contributed by atoms with Gasteiger partial charge in [-0.3, -0.25) is 0 Å². The molecule has 0 amide bonds. The van der Waals surface area contributed by atoms with Gasteiger partial charge in [-0.15, -0.1) is 0 Å². The van der Waals surface area contributed by atoms with Gasteiger partial charge in [-0.05, 0) is 12.5 Å². The molecule has 0 fully saturated rings. The van der Waals surface area contributed by atoms with E-state index >= 15 is 0 Å². The van der Waals surface area contributed by atoms with Crippen LogP contribution in [0.1, 0.15) is 25.8 Å². The molecule has 3 heteroatoms. The van der Waals surface area contributed by atoms with Crippen LogP contribution in [-0.4, -0.2) is 16.9 Å². The zero-order valence-electron chi connectivity index (χ0n) is 10.7. The second-order valence-electron chi connectivity index (χ2n) is 4.36. The Bertz CT molecular complexity index is 444. The molecular formula is C15H18O3. The highest BCUT2D eigenvalue weighted by atomic mass is 16.7. The van der Waals surface area contributed by atoms with Crippen molar-refractivity contribution in [1.29, 1.82) is 0 Å². The van der Waals surface area contributed by atoms with Gasteiger partial charge in [0.25, 0.3) is 0 Å². The van der Waals surface area contributed by atoms with Crippen molar-refractivity contribution in [3.05, 3.63) is 54.1 Å². The summed E-state index contributed by atoms with van der Waals surface area (Å²) in [7, 11) is 0. The Morgan fingerprint density at radius 3 is 2.61 bits per heavy atom. The Labute approximate surface area is 107 Å². The van der Waals surface area contributed by atoms with Crippen molar-refractivity contribution >= 4 is 12.0 Å². The number of hydrogen-bond acceptors (Lipinski definition) is 3. The number of rotatable bonds is 5. The molecule has 3 nitrogen and oxygen atoms in total. The minimum absolute atomic E-state index is 0.223. The van der Waals surface area contributed by atoms with Gasteiger partial charge in [0.2, 0.25) is 5.79 Å². The standard InChI is InChI=1S/C15H18O3/c1-12(2)14(16)18-15(3,17)11-7-10-13-8-5-4-6-9-13/h4-10,17H,1,11H2,2-3H3. The van der Waals surface area contributed by atoms with Gasteiger partial charge < -0.3 is 9.84 Å². The molecule has 0 heterocycles. The predicted octanol–water partition coefficient (Wildman–Crippen LogP) is 2.92. The third-order valence-electron chi connectivity index (χ3n) is 2.27. The molecule has 1 aromatic carbocycles. The van der Waals surface area contributed by atoms with Gasteiger partial charge in [0.05, 0.1) is 0 Å². The third-order valence-corrected chi connectivity index (χ3v) is 2.27. The van der Waals surface area contributed by atoms with Crippen LogP contribution in [0.2, 0.25) is 0 Å². The molecule has 0 radical (unpaired) electrons. The fourth-order valence-corrected chi connectivity index (χ4v) is 1.31. The third kappa shape index (κ3) is 4.97. The first kappa shape index (κ1) is 14.2. The Morgan fingerprint density at radius 1 is 1.44 bits per heavy atom. The molecule has 0 aliphatic heterocycles. The summed E-state index contributed by atoms with van der Waals surface area (Å²) in [5, 5.41) is 9.88. The van der Waals surface area contributed by atoms with Gasteiger partial charge in [-0.2, -0.15) is 0 Å². The molecule has 0 spiro atoms. The second-order valence-corrected chi connectivity index (χ2v) is 4.36. The van der Waals surface area contributed by atoms with Gasteiger partial charge >= 0.3 is 5.97 Å². The summed E-state index contributed by atoms with van der Waals surface area (Å²) < 4.78 is 4.90. The normalized spacial score (nSPS) is 14.2. The number of carbonyl (C=O) groups excluding carboxylic acids is 1. The Hall–Kier alpha value is -1.87. The maximum atomic E-state index is 11.3. The Morgan fingerprint density at radius 2 is 2.06 bits per heavy atom. The molecule has 0 saturated carbocycles. The molecule has 96 valence electrons. The number of esters is 1. The summed E-state index contributed by atoms with van der Waals surface area (Å²) in [4.78, 5) is 11.3. The fourth-order valence-electron chi connectivity index (χ4n) is 1.31. The smallest absolute Gasteiger partial charge is 0.335 e. The monoisotopic (exact) mass is 246 g/mol. The Kier molecular flexibility index (Phi) is 4.86. The minimum atomic E-state index is -1.51. The maximum Gasteiger partial charge on any atom is 0.335 e. The quantitative estimate of drug-likeness (QED) is 0.493. The zero-order valence-corrected chi connectivity index (χ0v) is 10.7. The maximum absolute atomic E-state index is 11.3. The van der Waals surface area contributed by atoms with Gasteiger partial charge in [-0.1, -0.05) is 49.1 Å². The number of aliphatic hydroxyl groups is 1. The molecule has 0 aromatic heterocycles. The van der Waals surface area contributed by atoms with E-state index in [0.29, 0.717) is 0 Å². The molecule has 1 N–H and O–H groups in total. The van der Waals surface area contributed by atoms with Crippen LogP contribution < -0.4 is 0 Å². The molecule has 1 unspecified atom stereocenters. The first-order chi connectivity index (χ1) is 8.41. The van der Waals surface area contributed by atoms with Crippen molar-refractivity contribution in [2.75, 3.05) is 0 Å². The summed E-state index contributed by atoms with van der Waals surface area (Å²) in [5.74, 6) is -2.10. The van der Waals surface area contributed by atoms with Crippen LogP contribution in [0.15, 0.2) is 48.6 Å². The van der Waals surface area contributed by atoms with Crippen molar-refractivity contribution in [3.8, 4) is 0 Å². The Balaban J connectivity index is 2.54. The topological polar surface area (TPSA) is 46.5 Å². The summed E-state index contributed by atoms with van der Waals surface area (Å²) >= 11 is 0. The van der Waals surface area contributed by atoms with E-state index in [2.05, 4.69) is 6.58 Å². The first-order valence-corrected chi connectivity index (χ1v) is 5.73. The molecule has 18 heavy (non-hydrogen) atoms. The van der Waals surface area contributed by atoms with Crippen LogP contribution in [0, 0.1) is 0 Å². The summed E-state index contributed by atoms with van der Waals surface area (Å²) in [6, 6.07) is 9.69. The summed E-state index contributed by atoms with van der Waals surface area (Å²) in [5.41, 5.74) is 1.29. The number of carbonyl (C=O) groups is 1. The van der Waals surface area contributed by atoms with Crippen LogP contribution in [0.5, 0.6) is 0 Å². The number of benzene rings is 1. The average molecular weight is 246 g/mol. The van der Waals surface area contributed by atoms with Crippen LogP contribution in [0.4, 0.5) is 0 Å². The van der Waals surface area contributed by atoms with Crippen LogP contribution >= 0.6 is 0 Å². The molecule has 1 rings (SSSR count). The van der Waals surface area contributed by atoms with E-state index in [-0.39, 0.29) is 12.0 Å². The zero-order chi connectivity index (χ0) is 13.6. The summed E-state index contributed by atoms with van der Waals surface area (Å²) in [6.07, 6.45) is 3.85. The minimum Gasteiger partial charge on any atom is -0.430 e. The SMILES string of the molecule is C=C(C)C(=O)OC(C)(O)CC=Cc1ccccc1. The predicted molar refractivity (Wildman–Crippen MR) is 71.6 cm³/mol. The highest BCUT2D eigenvalue weighted by Gasteiger charge is 2.23. The lowest BCUT2D eigenvalue weighted by molar-refractivity contribution is -0.196. The molecular weight excluding hydrogens is 228 g/mol. The van der Waals surface area contributed by atoms with Crippen molar-refractivity contribution in [2.24, 2.45) is 0 Å². The lowest BCUT2D eigenvalue weighted by Gasteiger charge is -2.21. The van der Waals surface area contributed by atoms with Crippen LogP contribution in [0.25, 0.3) is 6.08 Å². The van der Waals surface area contributed by atoms with Crippen molar-refractivity contribution in [2.45, 2.75) is 26.1 Å². The highest BCUT2D eigenvalue weighted by Crippen LogP contribution is 2.15. The van der Waals surface area contributed by atoms with Gasteiger partial charge in [0.1, 0.15) is 0 Å². The van der Waals surface area contributed by atoms with E-state index in [0.717, 1.165) is 5.56 Å². The molecule has 1 atom stereocenters. The fraction of sp³-hybridized carbons (Fsp3) is 0.267. The van der Waals surface area contributed by atoms with Gasteiger partial charge in [-0.25, -0.2) is 4.79 Å². The lowest BCUT2D eigenvalue weighted by atomic mass is 10.1. The number of ether oxygens (including phenoxy) is 1. The molecule has 1 aromatic rings. The van der Waals surface area contributed by atoms with Crippen molar-refractivity contribution in [3.63, 3.8) is 0 Å². The molecule has 0 aliphatic rings. The van der Waals surface area contributed by atoms with Gasteiger partial charge in [0, 0.05) is 18.9 Å². The van der Waals surface area contributed by atoms with Crippen LogP contribution in [-0.2, 0) is 9.53 Å². The average Bonchev–Trinajstić information content (AvgIpc) is 2.29.